The van der Waals surface area contributed by atoms with Crippen LogP contribution in [0.3, 0.4) is 0 Å². The number of piperazine rings is 1. The van der Waals surface area contributed by atoms with E-state index in [9.17, 15) is 15.0 Å². The summed E-state index contributed by atoms with van der Waals surface area (Å²) in [4.78, 5) is 13.4. The van der Waals surface area contributed by atoms with Gasteiger partial charge in [-0.15, -0.1) is 0 Å². The number of hydrogen-bond acceptors (Lipinski definition) is 5. The molecular formula is C13H18N2O4. The molecule has 0 saturated carbocycles. The van der Waals surface area contributed by atoms with Crippen LogP contribution < -0.4 is 10.1 Å². The molecule has 1 aliphatic rings. The molecule has 1 atom stereocenters. The van der Waals surface area contributed by atoms with Crippen LogP contribution in [-0.4, -0.2) is 54.4 Å². The van der Waals surface area contributed by atoms with E-state index in [1.165, 1.54) is 13.2 Å². The maximum absolute atomic E-state index is 11.5. The van der Waals surface area contributed by atoms with Crippen molar-refractivity contribution in [2.24, 2.45) is 0 Å². The van der Waals surface area contributed by atoms with Gasteiger partial charge in [0.15, 0.2) is 11.5 Å². The summed E-state index contributed by atoms with van der Waals surface area (Å²) in [6, 6.07) is 3.96. The van der Waals surface area contributed by atoms with E-state index in [0.717, 1.165) is 13.1 Å². The van der Waals surface area contributed by atoms with E-state index >= 15 is 0 Å². The van der Waals surface area contributed by atoms with Crippen LogP contribution in [0.1, 0.15) is 11.6 Å². The molecule has 3 N–H and O–H groups in total. The minimum absolute atomic E-state index is 0.00991. The normalized spacial score (nSPS) is 17.9. The van der Waals surface area contributed by atoms with E-state index in [1.54, 1.807) is 12.1 Å². The fourth-order valence-electron chi connectivity index (χ4n) is 2.31. The van der Waals surface area contributed by atoms with E-state index in [-0.39, 0.29) is 5.75 Å². The van der Waals surface area contributed by atoms with Gasteiger partial charge >= 0.3 is 5.97 Å². The first kappa shape index (κ1) is 13.6. The third-order valence-electron chi connectivity index (χ3n) is 3.27. The fraction of sp³-hybridized carbons (Fsp3) is 0.462. The lowest BCUT2D eigenvalue weighted by Gasteiger charge is -2.32. The highest BCUT2D eigenvalue weighted by Crippen LogP contribution is 2.31. The SMILES string of the molecule is COc1cc(C(C(=O)O)N2CCNCC2)ccc1O. The third-order valence-corrected chi connectivity index (χ3v) is 3.27. The average Bonchev–Trinajstić information content (AvgIpc) is 2.41. The first-order chi connectivity index (χ1) is 9.13. The Labute approximate surface area is 111 Å². The molecular weight excluding hydrogens is 248 g/mol. The number of methoxy groups -OCH3 is 1. The molecule has 6 heteroatoms. The second kappa shape index (κ2) is 5.90. The smallest absolute Gasteiger partial charge is 0.325 e. The monoisotopic (exact) mass is 266 g/mol. The van der Waals surface area contributed by atoms with Crippen LogP contribution in [0, 0.1) is 0 Å². The molecule has 1 saturated heterocycles. The Kier molecular flexibility index (Phi) is 4.24. The van der Waals surface area contributed by atoms with Gasteiger partial charge in [0.1, 0.15) is 6.04 Å². The Morgan fingerprint density at radius 3 is 2.68 bits per heavy atom. The lowest BCUT2D eigenvalue weighted by atomic mass is 10.0. The van der Waals surface area contributed by atoms with Crippen LogP contribution in [0.25, 0.3) is 0 Å². The highest BCUT2D eigenvalue weighted by molar-refractivity contribution is 5.76. The average molecular weight is 266 g/mol. The molecule has 0 aromatic heterocycles. The van der Waals surface area contributed by atoms with Gasteiger partial charge in [-0.25, -0.2) is 0 Å². The minimum atomic E-state index is -0.894. The molecule has 0 aliphatic carbocycles. The molecule has 0 amide bonds. The number of phenols is 1. The Bertz CT molecular complexity index is 458. The number of hydrogen-bond donors (Lipinski definition) is 3. The van der Waals surface area contributed by atoms with E-state index in [1.807, 2.05) is 4.90 Å². The van der Waals surface area contributed by atoms with Crippen molar-refractivity contribution in [1.82, 2.24) is 10.2 Å². The molecule has 104 valence electrons. The predicted molar refractivity (Wildman–Crippen MR) is 69.5 cm³/mol. The standard InChI is InChI=1S/C13H18N2O4/c1-19-11-8-9(2-3-10(11)16)12(13(17)18)15-6-4-14-5-7-15/h2-3,8,12,14,16H,4-7H2,1H3,(H,17,18). The molecule has 2 rings (SSSR count). The van der Waals surface area contributed by atoms with E-state index in [4.69, 9.17) is 4.74 Å². The zero-order valence-corrected chi connectivity index (χ0v) is 10.8. The molecule has 0 radical (unpaired) electrons. The number of benzene rings is 1. The zero-order valence-electron chi connectivity index (χ0n) is 10.8. The quantitative estimate of drug-likeness (QED) is 0.733. The van der Waals surface area contributed by atoms with Crippen molar-refractivity contribution in [1.29, 1.82) is 0 Å². The Morgan fingerprint density at radius 2 is 2.11 bits per heavy atom. The van der Waals surface area contributed by atoms with Gasteiger partial charge in [0.25, 0.3) is 0 Å². The third kappa shape index (κ3) is 2.97. The first-order valence-corrected chi connectivity index (χ1v) is 6.18. The number of carbonyl (C=O) groups is 1. The molecule has 1 aliphatic heterocycles. The molecule has 0 spiro atoms. The molecule has 1 unspecified atom stereocenters. The number of nitrogens with zero attached hydrogens (tertiary/aromatic N) is 1. The molecule has 0 bridgehead atoms. The van der Waals surface area contributed by atoms with Gasteiger partial charge < -0.3 is 20.3 Å². The number of rotatable bonds is 4. The van der Waals surface area contributed by atoms with E-state index < -0.39 is 12.0 Å². The Hall–Kier alpha value is -1.79. The van der Waals surface area contributed by atoms with Crippen molar-refractivity contribution in [2.45, 2.75) is 6.04 Å². The van der Waals surface area contributed by atoms with Crippen LogP contribution in [0.15, 0.2) is 18.2 Å². The topological polar surface area (TPSA) is 82.0 Å². The maximum Gasteiger partial charge on any atom is 0.325 e. The highest BCUT2D eigenvalue weighted by atomic mass is 16.5. The van der Waals surface area contributed by atoms with Crippen molar-refractivity contribution in [3.05, 3.63) is 23.8 Å². The van der Waals surface area contributed by atoms with Crippen LogP contribution in [0.4, 0.5) is 0 Å². The number of carboxylic acid groups (broad SMARTS) is 1. The maximum atomic E-state index is 11.5. The second-order valence-corrected chi connectivity index (χ2v) is 4.46. The van der Waals surface area contributed by atoms with E-state index in [2.05, 4.69) is 5.32 Å². The van der Waals surface area contributed by atoms with Crippen molar-refractivity contribution in [3.8, 4) is 11.5 Å². The summed E-state index contributed by atoms with van der Waals surface area (Å²) in [6.45, 7) is 2.91. The number of aliphatic carboxylic acids is 1. The van der Waals surface area contributed by atoms with Gasteiger partial charge in [-0.1, -0.05) is 6.07 Å². The van der Waals surface area contributed by atoms with Crippen LogP contribution in [-0.2, 0) is 4.79 Å². The molecule has 19 heavy (non-hydrogen) atoms. The zero-order chi connectivity index (χ0) is 13.8. The number of phenolic OH excluding ortho intramolecular Hbond substituents is 1. The number of nitrogens with one attached hydrogen (secondary N) is 1. The Morgan fingerprint density at radius 1 is 1.42 bits per heavy atom. The van der Waals surface area contributed by atoms with Gasteiger partial charge in [-0.2, -0.15) is 0 Å². The van der Waals surface area contributed by atoms with Crippen LogP contribution >= 0.6 is 0 Å². The summed E-state index contributed by atoms with van der Waals surface area (Å²) >= 11 is 0. The van der Waals surface area contributed by atoms with Crippen molar-refractivity contribution >= 4 is 5.97 Å². The number of ether oxygens (including phenoxy) is 1. The van der Waals surface area contributed by atoms with Gasteiger partial charge in [0, 0.05) is 26.2 Å². The largest absolute Gasteiger partial charge is 0.504 e. The van der Waals surface area contributed by atoms with Gasteiger partial charge in [0.05, 0.1) is 7.11 Å². The highest BCUT2D eigenvalue weighted by Gasteiger charge is 2.29. The van der Waals surface area contributed by atoms with Gasteiger partial charge in [-0.3, -0.25) is 9.69 Å². The summed E-state index contributed by atoms with van der Waals surface area (Å²) < 4.78 is 5.03. The predicted octanol–water partition coefficient (Wildman–Crippen LogP) is 0.432. The fourth-order valence-corrected chi connectivity index (χ4v) is 2.31. The van der Waals surface area contributed by atoms with Crippen molar-refractivity contribution in [3.63, 3.8) is 0 Å². The Balaban J connectivity index is 2.30. The van der Waals surface area contributed by atoms with Crippen LogP contribution in [0.2, 0.25) is 0 Å². The molecule has 1 aromatic rings. The van der Waals surface area contributed by atoms with E-state index in [0.29, 0.717) is 24.4 Å². The second-order valence-electron chi connectivity index (χ2n) is 4.46. The van der Waals surface area contributed by atoms with Crippen LogP contribution in [0.5, 0.6) is 11.5 Å². The summed E-state index contributed by atoms with van der Waals surface area (Å²) in [5, 5.41) is 22.2. The van der Waals surface area contributed by atoms with Crippen molar-refractivity contribution in [2.75, 3.05) is 33.3 Å². The number of carboxylic acids is 1. The lowest BCUT2D eigenvalue weighted by molar-refractivity contribution is -0.143. The molecule has 1 heterocycles. The molecule has 1 aromatic carbocycles. The summed E-state index contributed by atoms with van der Waals surface area (Å²) in [5.41, 5.74) is 0.615. The molecule has 1 fully saturated rings. The molecule has 6 nitrogen and oxygen atoms in total. The first-order valence-electron chi connectivity index (χ1n) is 6.18. The minimum Gasteiger partial charge on any atom is -0.504 e. The summed E-state index contributed by atoms with van der Waals surface area (Å²) in [7, 11) is 1.44. The summed E-state index contributed by atoms with van der Waals surface area (Å²) in [6.07, 6.45) is 0. The van der Waals surface area contributed by atoms with Gasteiger partial charge in [-0.05, 0) is 17.7 Å². The van der Waals surface area contributed by atoms with Gasteiger partial charge in [0.2, 0.25) is 0 Å². The lowest BCUT2D eigenvalue weighted by Crippen LogP contribution is -2.47. The van der Waals surface area contributed by atoms with Crippen molar-refractivity contribution < 1.29 is 19.7 Å². The summed E-state index contributed by atoms with van der Waals surface area (Å²) in [5.74, 6) is -0.593. The number of aromatic hydroxyl groups is 1.